The van der Waals surface area contributed by atoms with Crippen molar-refractivity contribution in [2.45, 2.75) is 18.9 Å². The molecule has 2 aliphatic carbocycles. The first-order chi connectivity index (χ1) is 14.6. The molecule has 2 aliphatic rings. The minimum Gasteiger partial charge on any atom is -0.337 e. The van der Waals surface area contributed by atoms with E-state index in [1.807, 2.05) is 18.2 Å². The van der Waals surface area contributed by atoms with E-state index in [9.17, 15) is 4.79 Å². The second-order valence-electron chi connectivity index (χ2n) is 7.92. The lowest BCUT2D eigenvalue weighted by atomic mass is 10.0. The largest absolute Gasteiger partial charge is 0.337 e. The van der Waals surface area contributed by atoms with Crippen molar-refractivity contribution in [2.75, 3.05) is 0 Å². The zero-order valence-corrected chi connectivity index (χ0v) is 16.8. The number of aryl methyl sites for hydroxylation is 1. The molecule has 1 saturated carbocycles. The smallest absolute Gasteiger partial charge is 0.280 e. The Labute approximate surface area is 175 Å². The summed E-state index contributed by atoms with van der Waals surface area (Å²) in [6, 6.07) is 7.96. The Hall–Kier alpha value is -3.26. The van der Waals surface area contributed by atoms with Crippen LogP contribution in [0.5, 0.6) is 0 Å². The molecule has 6 rings (SSSR count). The van der Waals surface area contributed by atoms with Gasteiger partial charge in [0.1, 0.15) is 12.9 Å². The van der Waals surface area contributed by atoms with E-state index in [-0.39, 0.29) is 18.0 Å². The summed E-state index contributed by atoms with van der Waals surface area (Å²) < 4.78 is 8.56. The van der Waals surface area contributed by atoms with Crippen LogP contribution in [0.2, 0.25) is 5.02 Å². The molecule has 150 valence electrons. The van der Waals surface area contributed by atoms with Gasteiger partial charge in [0, 0.05) is 18.0 Å². The Morgan fingerprint density at radius 3 is 2.93 bits per heavy atom. The monoisotopic (exact) mass is 420 g/mol. The van der Waals surface area contributed by atoms with Crippen molar-refractivity contribution >= 4 is 28.3 Å². The summed E-state index contributed by atoms with van der Waals surface area (Å²) >= 11 is 6.12. The van der Waals surface area contributed by atoms with Crippen LogP contribution in [-0.2, 0) is 13.6 Å². The third kappa shape index (κ3) is 2.71. The quantitative estimate of drug-likeness (QED) is 0.504. The first kappa shape index (κ1) is 17.6. The highest BCUT2D eigenvalue weighted by molar-refractivity contribution is 6.30. The van der Waals surface area contributed by atoms with Crippen molar-refractivity contribution in [1.82, 2.24) is 29.2 Å². The van der Waals surface area contributed by atoms with E-state index in [1.54, 1.807) is 17.9 Å². The first-order valence-electron chi connectivity index (χ1n) is 9.74. The van der Waals surface area contributed by atoms with Crippen molar-refractivity contribution in [3.8, 4) is 0 Å². The Bertz CT molecular complexity index is 1380. The van der Waals surface area contributed by atoms with Crippen molar-refractivity contribution in [3.05, 3.63) is 75.7 Å². The van der Waals surface area contributed by atoms with Crippen LogP contribution in [0.1, 0.15) is 29.6 Å². The number of hydrogen-bond acceptors (Lipinski definition) is 6. The summed E-state index contributed by atoms with van der Waals surface area (Å²) in [5, 5.41) is 4.93. The summed E-state index contributed by atoms with van der Waals surface area (Å²) in [6.45, 7) is 0.186. The number of allylic oxidation sites excluding steroid dienone is 2. The number of imidazole rings is 1. The van der Waals surface area contributed by atoms with Crippen molar-refractivity contribution in [2.24, 2.45) is 18.9 Å². The van der Waals surface area contributed by atoms with Gasteiger partial charge < -0.3 is 9.09 Å². The molecule has 9 heteroatoms. The third-order valence-corrected chi connectivity index (χ3v) is 6.30. The van der Waals surface area contributed by atoms with Crippen LogP contribution in [0.25, 0.3) is 16.7 Å². The molecule has 8 nitrogen and oxygen atoms in total. The molecule has 3 aromatic heterocycles. The predicted octanol–water partition coefficient (Wildman–Crippen LogP) is 3.03. The maximum atomic E-state index is 12.7. The highest BCUT2D eigenvalue weighted by Crippen LogP contribution is 2.62. The summed E-state index contributed by atoms with van der Waals surface area (Å²) in [6.07, 6.45) is 6.33. The van der Waals surface area contributed by atoms with Crippen LogP contribution in [0.4, 0.5) is 0 Å². The first-order valence-corrected chi connectivity index (χ1v) is 10.1. The number of nitrogens with zero attached hydrogens (tertiary/aromatic N) is 6. The second-order valence-corrected chi connectivity index (χ2v) is 8.36. The van der Waals surface area contributed by atoms with Crippen molar-refractivity contribution in [3.63, 3.8) is 0 Å². The standard InChI is InChI=1S/C21H17ClN6O2/c1-27-9-23-20-18(27)21(29)28(10-24-20)8-16-25-19(26-30-16)17-14-6-12(7-15(14)17)11-3-2-4-13(22)5-11/h2-6,9-10,14-15,17H,7-8H2,1H3/t14-,15+,17+/m1/s1. The van der Waals surface area contributed by atoms with E-state index in [0.29, 0.717) is 34.7 Å². The molecule has 30 heavy (non-hydrogen) atoms. The van der Waals surface area contributed by atoms with E-state index in [1.165, 1.54) is 22.0 Å². The van der Waals surface area contributed by atoms with E-state index < -0.39 is 0 Å². The van der Waals surface area contributed by atoms with Gasteiger partial charge in [-0.3, -0.25) is 9.36 Å². The van der Waals surface area contributed by atoms with Gasteiger partial charge in [0.15, 0.2) is 17.0 Å². The summed E-state index contributed by atoms with van der Waals surface area (Å²) in [5.41, 5.74) is 3.21. The third-order valence-electron chi connectivity index (χ3n) is 6.06. The molecule has 0 aliphatic heterocycles. The zero-order chi connectivity index (χ0) is 20.4. The van der Waals surface area contributed by atoms with Gasteiger partial charge in [-0.15, -0.1) is 0 Å². The van der Waals surface area contributed by atoms with Crippen LogP contribution in [-0.4, -0.2) is 29.2 Å². The Balaban J connectivity index is 1.21. The fourth-order valence-electron chi connectivity index (χ4n) is 4.51. The molecule has 3 atom stereocenters. The van der Waals surface area contributed by atoms with Crippen molar-refractivity contribution < 1.29 is 4.52 Å². The average Bonchev–Trinajstić information content (AvgIpc) is 3.16. The molecule has 1 fully saturated rings. The maximum absolute atomic E-state index is 12.7. The van der Waals surface area contributed by atoms with Gasteiger partial charge in [-0.05, 0) is 41.5 Å². The number of benzene rings is 1. The van der Waals surface area contributed by atoms with Gasteiger partial charge in [0.25, 0.3) is 5.56 Å². The van der Waals surface area contributed by atoms with Crippen LogP contribution < -0.4 is 5.56 Å². The molecular formula is C21H17ClN6O2. The number of fused-ring (bicyclic) bond motifs is 2. The van der Waals surface area contributed by atoms with Crippen LogP contribution >= 0.6 is 11.6 Å². The van der Waals surface area contributed by atoms with Crippen LogP contribution in [0.15, 0.2) is 52.3 Å². The zero-order valence-electron chi connectivity index (χ0n) is 16.1. The Morgan fingerprint density at radius 1 is 1.27 bits per heavy atom. The fraction of sp³-hybridized carbons (Fsp3) is 0.286. The predicted molar refractivity (Wildman–Crippen MR) is 110 cm³/mol. The van der Waals surface area contributed by atoms with E-state index >= 15 is 0 Å². The van der Waals surface area contributed by atoms with Gasteiger partial charge in [0.2, 0.25) is 5.89 Å². The van der Waals surface area contributed by atoms with Gasteiger partial charge in [0.05, 0.1) is 6.33 Å². The van der Waals surface area contributed by atoms with Gasteiger partial charge in [-0.2, -0.15) is 4.98 Å². The molecule has 1 aromatic carbocycles. The average molecular weight is 421 g/mol. The molecule has 3 heterocycles. The molecule has 0 unspecified atom stereocenters. The van der Waals surface area contributed by atoms with E-state index in [2.05, 4.69) is 32.3 Å². The van der Waals surface area contributed by atoms with Crippen LogP contribution in [0.3, 0.4) is 0 Å². The number of hydrogen-bond donors (Lipinski definition) is 0. The SMILES string of the molecule is Cn1cnc2ncn(Cc3nc([C@H]4[C@@H]5C=C(c6cccc(Cl)c6)C[C@@H]54)no3)c(=O)c21. The summed E-state index contributed by atoms with van der Waals surface area (Å²) in [7, 11) is 1.77. The second kappa shape index (κ2) is 6.37. The lowest BCUT2D eigenvalue weighted by Crippen LogP contribution is -2.22. The van der Waals surface area contributed by atoms with Crippen LogP contribution in [0, 0.1) is 11.8 Å². The molecule has 0 bridgehead atoms. The highest BCUT2D eigenvalue weighted by atomic mass is 35.5. The molecular weight excluding hydrogens is 404 g/mol. The molecule has 4 aromatic rings. The molecule has 0 radical (unpaired) electrons. The number of aromatic nitrogens is 6. The maximum Gasteiger partial charge on any atom is 0.280 e. The molecule has 0 saturated heterocycles. The minimum atomic E-state index is -0.183. The number of rotatable bonds is 4. The summed E-state index contributed by atoms with van der Waals surface area (Å²) in [5.74, 6) is 2.32. The highest BCUT2D eigenvalue weighted by Gasteiger charge is 2.55. The van der Waals surface area contributed by atoms with Gasteiger partial charge in [-0.1, -0.05) is 35.0 Å². The Morgan fingerprint density at radius 2 is 2.13 bits per heavy atom. The molecule has 0 N–H and O–H groups in total. The summed E-state index contributed by atoms with van der Waals surface area (Å²) in [4.78, 5) is 25.6. The molecule has 0 spiro atoms. The van der Waals surface area contributed by atoms with Crippen molar-refractivity contribution in [1.29, 1.82) is 0 Å². The number of halogens is 1. The van der Waals surface area contributed by atoms with Gasteiger partial charge >= 0.3 is 0 Å². The fourth-order valence-corrected chi connectivity index (χ4v) is 4.70. The minimum absolute atomic E-state index is 0.183. The lowest BCUT2D eigenvalue weighted by molar-refractivity contribution is 0.364. The topological polar surface area (TPSA) is 91.6 Å². The van der Waals surface area contributed by atoms with E-state index in [0.717, 1.165) is 11.4 Å². The van der Waals surface area contributed by atoms with Gasteiger partial charge in [-0.25, -0.2) is 9.97 Å². The van der Waals surface area contributed by atoms with E-state index in [4.69, 9.17) is 16.1 Å². The lowest BCUT2D eigenvalue weighted by Gasteiger charge is -2.05. The normalized spacial score (nSPS) is 22.3. The molecule has 0 amide bonds. The Kier molecular flexibility index (Phi) is 3.73.